The predicted octanol–water partition coefficient (Wildman–Crippen LogP) is 0.988. The Labute approximate surface area is 104 Å². The molecule has 0 heterocycles. The minimum absolute atomic E-state index is 0.186. The Hall–Kier alpha value is -0.340. The molecule has 0 unspecified atom stereocenters. The summed E-state index contributed by atoms with van der Waals surface area (Å²) in [4.78, 5) is 10.7. The fourth-order valence-corrected chi connectivity index (χ4v) is 2.85. The summed E-state index contributed by atoms with van der Waals surface area (Å²) in [5.74, 6) is 0. The van der Waals surface area contributed by atoms with Crippen LogP contribution >= 0.6 is 15.9 Å². The van der Waals surface area contributed by atoms with Crippen molar-refractivity contribution >= 4 is 32.2 Å². The molecule has 0 fully saturated rings. The van der Waals surface area contributed by atoms with Crippen LogP contribution in [0.1, 0.15) is 20.3 Å². The first-order valence-corrected chi connectivity index (χ1v) is 7.24. The lowest BCUT2D eigenvalue weighted by molar-refractivity contribution is 0.177. The second-order valence-corrected chi connectivity index (χ2v) is 6.31. The van der Waals surface area contributed by atoms with Gasteiger partial charge in [0.15, 0.2) is 0 Å². The zero-order chi connectivity index (χ0) is 12.8. The summed E-state index contributed by atoms with van der Waals surface area (Å²) in [5.41, 5.74) is -0.186. The maximum Gasteiger partial charge on any atom is 0.421 e. The van der Waals surface area contributed by atoms with Crippen LogP contribution in [-0.2, 0) is 14.9 Å². The zero-order valence-electron chi connectivity index (χ0n) is 9.54. The molecule has 1 amide bonds. The molecule has 0 aromatic carbocycles. The number of alkyl halides is 1. The van der Waals surface area contributed by atoms with Crippen molar-refractivity contribution in [2.45, 2.75) is 20.3 Å². The van der Waals surface area contributed by atoms with Crippen molar-refractivity contribution in [2.24, 2.45) is 5.41 Å². The summed E-state index contributed by atoms with van der Waals surface area (Å²) < 4.78 is 30.8. The van der Waals surface area contributed by atoms with Crippen molar-refractivity contribution in [3.63, 3.8) is 0 Å². The van der Waals surface area contributed by atoms with Gasteiger partial charge in [0, 0.05) is 11.9 Å². The van der Waals surface area contributed by atoms with Crippen molar-refractivity contribution in [3.8, 4) is 0 Å². The highest BCUT2D eigenvalue weighted by atomic mass is 79.9. The number of hydrogen-bond donors (Lipinski definition) is 2. The van der Waals surface area contributed by atoms with Crippen molar-refractivity contribution in [2.75, 3.05) is 19.0 Å². The maximum absolute atomic E-state index is 11.3. The fraction of sp³-hybridized carbons (Fsp3) is 0.875. The minimum Gasteiger partial charge on any atom is -0.452 e. The van der Waals surface area contributed by atoms with Crippen LogP contribution in [0, 0.1) is 5.41 Å². The molecule has 0 aliphatic rings. The molecule has 0 aliphatic heterocycles. The van der Waals surface area contributed by atoms with Crippen LogP contribution in [-0.4, -0.2) is 33.5 Å². The molecule has 0 aromatic rings. The first-order chi connectivity index (χ1) is 7.22. The van der Waals surface area contributed by atoms with Crippen LogP contribution in [0.4, 0.5) is 4.79 Å². The largest absolute Gasteiger partial charge is 0.452 e. The summed E-state index contributed by atoms with van der Waals surface area (Å²) in [6.45, 7) is 4.09. The molecule has 0 atom stereocenters. The van der Waals surface area contributed by atoms with E-state index in [0.29, 0.717) is 0 Å². The Morgan fingerprint density at radius 2 is 2.00 bits per heavy atom. The van der Waals surface area contributed by atoms with Gasteiger partial charge in [0.2, 0.25) is 0 Å². The van der Waals surface area contributed by atoms with E-state index in [4.69, 9.17) is 0 Å². The van der Waals surface area contributed by atoms with Crippen LogP contribution in [0.2, 0.25) is 0 Å². The molecule has 2 N–H and O–H groups in total. The third-order valence-corrected chi connectivity index (χ3v) is 3.27. The van der Waals surface area contributed by atoms with Gasteiger partial charge in [-0.1, -0.05) is 29.8 Å². The Morgan fingerprint density at radius 3 is 2.44 bits per heavy atom. The molecule has 0 rings (SSSR count). The van der Waals surface area contributed by atoms with E-state index >= 15 is 0 Å². The van der Waals surface area contributed by atoms with E-state index < -0.39 is 16.3 Å². The average Bonchev–Trinajstić information content (AvgIpc) is 2.14. The van der Waals surface area contributed by atoms with Crippen molar-refractivity contribution < 1.29 is 17.9 Å². The van der Waals surface area contributed by atoms with Gasteiger partial charge in [0.05, 0.1) is 7.11 Å². The summed E-state index contributed by atoms with van der Waals surface area (Å²) >= 11 is 3.29. The summed E-state index contributed by atoms with van der Waals surface area (Å²) in [5, 5.41) is 0.784. The summed E-state index contributed by atoms with van der Waals surface area (Å²) in [6, 6.07) is 0. The molecule has 96 valence electrons. The van der Waals surface area contributed by atoms with E-state index in [1.165, 1.54) is 0 Å². The molecule has 0 saturated carbocycles. The Morgan fingerprint density at radius 1 is 1.44 bits per heavy atom. The summed E-state index contributed by atoms with van der Waals surface area (Å²) in [7, 11) is -2.74. The van der Waals surface area contributed by atoms with E-state index in [1.54, 1.807) is 4.72 Å². The monoisotopic (exact) mass is 316 g/mol. The van der Waals surface area contributed by atoms with Gasteiger partial charge < -0.3 is 4.74 Å². The molecule has 0 saturated heterocycles. The number of rotatable bonds is 6. The van der Waals surface area contributed by atoms with Gasteiger partial charge >= 0.3 is 16.3 Å². The number of methoxy groups -OCH3 is 1. The number of halogens is 1. The zero-order valence-corrected chi connectivity index (χ0v) is 11.9. The van der Waals surface area contributed by atoms with Gasteiger partial charge in [-0.2, -0.15) is 13.1 Å². The predicted molar refractivity (Wildman–Crippen MR) is 64.7 cm³/mol. The van der Waals surface area contributed by atoms with Crippen molar-refractivity contribution in [1.29, 1.82) is 0 Å². The standard InChI is InChI=1S/C8H17BrN2O4S/c1-8(2,4-5-9)6-10-16(13,14)11-7(12)15-3/h10H,4-6H2,1-3H3,(H,11,12). The molecule has 16 heavy (non-hydrogen) atoms. The Balaban J connectivity index is 4.24. The number of carbonyl (C=O) groups is 1. The molecule has 0 aromatic heterocycles. The number of amides is 1. The lowest BCUT2D eigenvalue weighted by atomic mass is 9.91. The third-order valence-electron chi connectivity index (χ3n) is 1.92. The van der Waals surface area contributed by atoms with E-state index in [9.17, 15) is 13.2 Å². The SMILES string of the molecule is COC(=O)NS(=O)(=O)NCC(C)(C)CCBr. The number of carbonyl (C=O) groups excluding carboxylic acids is 1. The van der Waals surface area contributed by atoms with E-state index in [1.807, 2.05) is 13.8 Å². The smallest absolute Gasteiger partial charge is 0.421 e. The topological polar surface area (TPSA) is 84.5 Å². The van der Waals surface area contributed by atoms with Crippen molar-refractivity contribution in [1.82, 2.24) is 9.44 Å². The van der Waals surface area contributed by atoms with Crippen LogP contribution in [0.15, 0.2) is 0 Å². The first-order valence-electron chi connectivity index (χ1n) is 4.64. The second-order valence-electron chi connectivity index (χ2n) is 4.02. The van der Waals surface area contributed by atoms with Crippen LogP contribution in [0.3, 0.4) is 0 Å². The molecule has 6 nitrogen and oxygen atoms in total. The lowest BCUT2D eigenvalue weighted by Crippen LogP contribution is -2.43. The minimum atomic E-state index is -3.83. The second kappa shape index (κ2) is 6.41. The lowest BCUT2D eigenvalue weighted by Gasteiger charge is -2.23. The van der Waals surface area contributed by atoms with E-state index in [0.717, 1.165) is 18.9 Å². The van der Waals surface area contributed by atoms with Gasteiger partial charge in [-0.15, -0.1) is 0 Å². The maximum atomic E-state index is 11.3. The van der Waals surface area contributed by atoms with E-state index in [2.05, 4.69) is 25.4 Å². The average molecular weight is 317 g/mol. The van der Waals surface area contributed by atoms with Gasteiger partial charge in [-0.3, -0.25) is 0 Å². The molecule has 0 spiro atoms. The highest BCUT2D eigenvalue weighted by Gasteiger charge is 2.21. The normalized spacial score (nSPS) is 12.2. The third kappa shape index (κ3) is 7.02. The molecular weight excluding hydrogens is 300 g/mol. The van der Waals surface area contributed by atoms with Crippen LogP contribution in [0.5, 0.6) is 0 Å². The quantitative estimate of drug-likeness (QED) is 0.716. The Bertz CT molecular complexity index is 329. The number of hydrogen-bond acceptors (Lipinski definition) is 4. The number of nitrogens with one attached hydrogen (secondary N) is 2. The molecule has 0 radical (unpaired) electrons. The van der Waals surface area contributed by atoms with Gasteiger partial charge in [0.1, 0.15) is 0 Å². The molecule has 0 aliphatic carbocycles. The van der Waals surface area contributed by atoms with Gasteiger partial charge in [-0.05, 0) is 11.8 Å². The summed E-state index contributed by atoms with van der Waals surface area (Å²) in [6.07, 6.45) is -0.195. The Kier molecular flexibility index (Phi) is 6.27. The highest BCUT2D eigenvalue weighted by Crippen LogP contribution is 2.20. The number of ether oxygens (including phenoxy) is 1. The van der Waals surface area contributed by atoms with Gasteiger partial charge in [-0.25, -0.2) is 9.52 Å². The van der Waals surface area contributed by atoms with E-state index in [-0.39, 0.29) is 12.0 Å². The van der Waals surface area contributed by atoms with Crippen LogP contribution in [0.25, 0.3) is 0 Å². The molecular formula is C8H17BrN2O4S. The van der Waals surface area contributed by atoms with Gasteiger partial charge in [0.25, 0.3) is 0 Å². The van der Waals surface area contributed by atoms with Crippen molar-refractivity contribution in [3.05, 3.63) is 0 Å². The highest BCUT2D eigenvalue weighted by molar-refractivity contribution is 9.09. The molecule has 8 heteroatoms. The first kappa shape index (κ1) is 15.7. The molecule has 0 bridgehead atoms. The van der Waals surface area contributed by atoms with Crippen LogP contribution < -0.4 is 9.44 Å². The fourth-order valence-electron chi connectivity index (χ4n) is 0.822.